The van der Waals surface area contributed by atoms with E-state index in [2.05, 4.69) is 47.5 Å². The van der Waals surface area contributed by atoms with E-state index < -0.39 is 5.60 Å². The lowest BCUT2D eigenvalue weighted by atomic mass is 9.99. The van der Waals surface area contributed by atoms with E-state index in [1.807, 2.05) is 13.8 Å². The van der Waals surface area contributed by atoms with Crippen LogP contribution in [0.5, 0.6) is 0 Å². The summed E-state index contributed by atoms with van der Waals surface area (Å²) in [5.41, 5.74) is 0.800. The lowest BCUT2D eigenvalue weighted by Crippen LogP contribution is -2.38. The fraction of sp³-hybridized carbons (Fsp3) is 0.667. The molecular weight excluding hydrogens is 260 g/mol. The van der Waals surface area contributed by atoms with Crippen LogP contribution in [0.2, 0.25) is 0 Å². The number of hydrogen-bond acceptors (Lipinski definition) is 3. The van der Waals surface area contributed by atoms with Crippen molar-refractivity contribution in [3.05, 3.63) is 30.3 Å². The first-order valence-electron chi connectivity index (χ1n) is 8.22. The number of rotatable bonds is 7. The summed E-state index contributed by atoms with van der Waals surface area (Å²) in [6.45, 7) is 8.27. The largest absolute Gasteiger partial charge is 0.390 e. The van der Waals surface area contributed by atoms with Crippen LogP contribution in [0.15, 0.2) is 30.3 Å². The van der Waals surface area contributed by atoms with Gasteiger partial charge in [0.2, 0.25) is 0 Å². The molecule has 3 nitrogen and oxygen atoms in total. The highest BCUT2D eigenvalue weighted by Crippen LogP contribution is 2.20. The molecule has 0 saturated carbocycles. The molecule has 1 fully saturated rings. The quantitative estimate of drug-likeness (QED) is 0.809. The highest BCUT2D eigenvalue weighted by Gasteiger charge is 2.23. The van der Waals surface area contributed by atoms with Crippen LogP contribution in [0.1, 0.15) is 46.5 Å². The maximum atomic E-state index is 9.75. The summed E-state index contributed by atoms with van der Waals surface area (Å²) in [5, 5.41) is 13.5. The second kappa shape index (κ2) is 7.28. The standard InChI is InChI=1S/C18H30N2O/c1-15(8-7-12-18(2,3)21)19-16-11-13-20(14-16)17-9-5-4-6-10-17/h4-6,9-10,15-16,19,21H,7-8,11-14H2,1-3H3. The molecule has 0 radical (unpaired) electrons. The van der Waals surface area contributed by atoms with Gasteiger partial charge in [0.05, 0.1) is 5.60 Å². The van der Waals surface area contributed by atoms with Crippen LogP contribution >= 0.6 is 0 Å². The Hall–Kier alpha value is -1.06. The zero-order valence-electron chi connectivity index (χ0n) is 13.7. The van der Waals surface area contributed by atoms with Crippen molar-refractivity contribution in [2.75, 3.05) is 18.0 Å². The topological polar surface area (TPSA) is 35.5 Å². The van der Waals surface area contributed by atoms with Crippen LogP contribution in [0, 0.1) is 0 Å². The molecule has 2 N–H and O–H groups in total. The van der Waals surface area contributed by atoms with Gasteiger partial charge in [0.25, 0.3) is 0 Å². The van der Waals surface area contributed by atoms with Gasteiger partial charge < -0.3 is 15.3 Å². The maximum Gasteiger partial charge on any atom is 0.0591 e. The molecule has 1 aliphatic heterocycles. The minimum absolute atomic E-state index is 0.521. The van der Waals surface area contributed by atoms with Crippen molar-refractivity contribution in [1.82, 2.24) is 5.32 Å². The molecule has 2 unspecified atom stereocenters. The summed E-state index contributed by atoms with van der Waals surface area (Å²) in [7, 11) is 0. The second-order valence-corrected chi connectivity index (χ2v) is 7.04. The molecule has 0 amide bonds. The van der Waals surface area contributed by atoms with Gasteiger partial charge in [-0.2, -0.15) is 0 Å². The van der Waals surface area contributed by atoms with Crippen LogP contribution in [0.3, 0.4) is 0 Å². The van der Waals surface area contributed by atoms with Crippen molar-refractivity contribution >= 4 is 5.69 Å². The molecule has 21 heavy (non-hydrogen) atoms. The SMILES string of the molecule is CC(CCCC(C)(C)O)NC1CCN(c2ccccc2)C1. The first-order chi connectivity index (χ1) is 9.94. The van der Waals surface area contributed by atoms with Gasteiger partial charge in [0.1, 0.15) is 0 Å². The highest BCUT2D eigenvalue weighted by molar-refractivity contribution is 5.47. The first-order valence-corrected chi connectivity index (χ1v) is 8.22. The van der Waals surface area contributed by atoms with Crippen molar-refractivity contribution in [3.8, 4) is 0 Å². The van der Waals surface area contributed by atoms with E-state index in [9.17, 15) is 5.11 Å². The molecule has 1 aliphatic rings. The number of para-hydroxylation sites is 1. The molecule has 0 bridgehead atoms. The van der Waals surface area contributed by atoms with Crippen molar-refractivity contribution in [2.45, 2.75) is 64.1 Å². The molecular formula is C18H30N2O. The van der Waals surface area contributed by atoms with E-state index in [4.69, 9.17) is 0 Å². The van der Waals surface area contributed by atoms with Crippen molar-refractivity contribution in [3.63, 3.8) is 0 Å². The Morgan fingerprint density at radius 1 is 1.33 bits per heavy atom. The number of nitrogens with zero attached hydrogens (tertiary/aromatic N) is 1. The molecule has 2 rings (SSSR count). The minimum atomic E-state index is -0.531. The number of hydrogen-bond donors (Lipinski definition) is 2. The first kappa shape index (κ1) is 16.3. The Morgan fingerprint density at radius 3 is 2.71 bits per heavy atom. The number of nitrogens with one attached hydrogen (secondary N) is 1. The molecule has 1 saturated heterocycles. The predicted octanol–water partition coefficient (Wildman–Crippen LogP) is 3.18. The number of anilines is 1. The summed E-state index contributed by atoms with van der Waals surface area (Å²) in [6, 6.07) is 11.8. The zero-order chi connectivity index (χ0) is 15.3. The molecule has 118 valence electrons. The fourth-order valence-electron chi connectivity index (χ4n) is 3.10. The van der Waals surface area contributed by atoms with Crippen LogP contribution < -0.4 is 10.2 Å². The molecule has 3 heteroatoms. The third-order valence-corrected chi connectivity index (χ3v) is 4.26. The maximum absolute atomic E-state index is 9.75. The van der Waals surface area contributed by atoms with Gasteiger partial charge in [0, 0.05) is 30.9 Å². The Labute approximate surface area is 129 Å². The summed E-state index contributed by atoms with van der Waals surface area (Å²) in [4.78, 5) is 2.46. The van der Waals surface area contributed by atoms with E-state index in [1.165, 1.54) is 12.1 Å². The highest BCUT2D eigenvalue weighted by atomic mass is 16.3. The number of benzene rings is 1. The Balaban J connectivity index is 1.70. The van der Waals surface area contributed by atoms with Gasteiger partial charge >= 0.3 is 0 Å². The molecule has 0 aliphatic carbocycles. The van der Waals surface area contributed by atoms with E-state index in [-0.39, 0.29) is 0 Å². The van der Waals surface area contributed by atoms with Crippen molar-refractivity contribution < 1.29 is 5.11 Å². The average molecular weight is 290 g/mol. The fourth-order valence-corrected chi connectivity index (χ4v) is 3.10. The predicted molar refractivity (Wildman–Crippen MR) is 89.8 cm³/mol. The van der Waals surface area contributed by atoms with Gasteiger partial charge in [0.15, 0.2) is 0 Å². The third kappa shape index (κ3) is 5.68. The van der Waals surface area contributed by atoms with Gasteiger partial charge in [-0.05, 0) is 58.6 Å². The summed E-state index contributed by atoms with van der Waals surface area (Å²) in [5.74, 6) is 0. The molecule has 0 aromatic heterocycles. The van der Waals surface area contributed by atoms with E-state index in [0.29, 0.717) is 12.1 Å². The van der Waals surface area contributed by atoms with Crippen LogP contribution in [-0.4, -0.2) is 35.9 Å². The average Bonchev–Trinajstić information content (AvgIpc) is 2.86. The normalized spacial score (nSPS) is 20.8. The van der Waals surface area contributed by atoms with Crippen LogP contribution in [0.25, 0.3) is 0 Å². The smallest absolute Gasteiger partial charge is 0.0591 e. The van der Waals surface area contributed by atoms with Crippen molar-refractivity contribution in [2.24, 2.45) is 0 Å². The zero-order valence-corrected chi connectivity index (χ0v) is 13.7. The number of aliphatic hydroxyl groups is 1. The van der Waals surface area contributed by atoms with Gasteiger partial charge in [-0.1, -0.05) is 18.2 Å². The van der Waals surface area contributed by atoms with Crippen LogP contribution in [0.4, 0.5) is 5.69 Å². The Bertz CT molecular complexity index is 413. The summed E-state index contributed by atoms with van der Waals surface area (Å²) < 4.78 is 0. The third-order valence-electron chi connectivity index (χ3n) is 4.26. The van der Waals surface area contributed by atoms with Gasteiger partial charge in [-0.15, -0.1) is 0 Å². The lowest BCUT2D eigenvalue weighted by Gasteiger charge is -2.23. The second-order valence-electron chi connectivity index (χ2n) is 7.04. The Kier molecular flexibility index (Phi) is 5.65. The Morgan fingerprint density at radius 2 is 2.05 bits per heavy atom. The van der Waals surface area contributed by atoms with Gasteiger partial charge in [-0.3, -0.25) is 0 Å². The van der Waals surface area contributed by atoms with E-state index in [1.54, 1.807) is 0 Å². The van der Waals surface area contributed by atoms with E-state index in [0.717, 1.165) is 32.4 Å². The lowest BCUT2D eigenvalue weighted by molar-refractivity contribution is 0.0674. The summed E-state index contributed by atoms with van der Waals surface area (Å²) >= 11 is 0. The summed E-state index contributed by atoms with van der Waals surface area (Å²) in [6.07, 6.45) is 4.29. The van der Waals surface area contributed by atoms with Crippen LogP contribution in [-0.2, 0) is 0 Å². The van der Waals surface area contributed by atoms with Crippen molar-refractivity contribution in [1.29, 1.82) is 0 Å². The van der Waals surface area contributed by atoms with Gasteiger partial charge in [-0.25, -0.2) is 0 Å². The molecule has 1 heterocycles. The van der Waals surface area contributed by atoms with E-state index >= 15 is 0 Å². The molecule has 2 atom stereocenters. The molecule has 1 aromatic rings. The minimum Gasteiger partial charge on any atom is -0.390 e. The molecule has 1 aromatic carbocycles. The molecule has 0 spiro atoms. The monoisotopic (exact) mass is 290 g/mol.